The summed E-state index contributed by atoms with van der Waals surface area (Å²) in [6.45, 7) is 1.62. The first-order valence-corrected chi connectivity index (χ1v) is 7.94. The summed E-state index contributed by atoms with van der Waals surface area (Å²) in [6, 6.07) is 12.2. The van der Waals surface area contributed by atoms with E-state index < -0.39 is 0 Å². The molecule has 4 heteroatoms. The van der Waals surface area contributed by atoms with Gasteiger partial charge in [-0.05, 0) is 48.9 Å². The maximum Gasteiger partial charge on any atom is 0.166 e. The molecule has 0 unspecified atom stereocenters. The molecule has 0 bridgehead atoms. The van der Waals surface area contributed by atoms with Crippen LogP contribution >= 0.6 is 11.8 Å². The molecule has 2 aromatic rings. The molecule has 0 aliphatic carbocycles. The van der Waals surface area contributed by atoms with E-state index in [1.165, 1.54) is 5.56 Å². The number of nitrogens with zero attached hydrogens (tertiary/aromatic N) is 1. The highest BCUT2D eigenvalue weighted by Crippen LogP contribution is 2.33. The Morgan fingerprint density at radius 3 is 2.95 bits per heavy atom. The van der Waals surface area contributed by atoms with Gasteiger partial charge < -0.3 is 9.21 Å². The van der Waals surface area contributed by atoms with Gasteiger partial charge in [-0.25, -0.2) is 4.99 Å². The molecule has 3 rings (SSSR count). The summed E-state index contributed by atoms with van der Waals surface area (Å²) in [4.78, 5) is 15.5. The summed E-state index contributed by atoms with van der Waals surface area (Å²) in [5, 5.41) is 1.94. The van der Waals surface area contributed by atoms with E-state index in [0.29, 0.717) is 6.42 Å². The van der Waals surface area contributed by atoms with Crippen LogP contribution in [0.1, 0.15) is 31.1 Å². The first-order valence-electron chi connectivity index (χ1n) is 7.12. The lowest BCUT2D eigenvalue weighted by Crippen LogP contribution is -1.91. The topological polar surface area (TPSA) is 42.6 Å². The smallest absolute Gasteiger partial charge is 0.166 e. The predicted octanol–water partition coefficient (Wildman–Crippen LogP) is 4.57. The molecule has 0 saturated carbocycles. The Hall–Kier alpha value is -1.81. The number of hydrogen-bond acceptors (Lipinski definition) is 4. The molecule has 0 fully saturated rings. The fraction of sp³-hybridized carbons (Fsp3) is 0.294. The lowest BCUT2D eigenvalue weighted by Gasteiger charge is -1.97. The van der Waals surface area contributed by atoms with Gasteiger partial charge in [0.15, 0.2) is 5.09 Å². The van der Waals surface area contributed by atoms with Gasteiger partial charge in [-0.3, -0.25) is 0 Å². The lowest BCUT2D eigenvalue weighted by atomic mass is 10.1. The number of aryl methyl sites for hydroxylation is 1. The van der Waals surface area contributed by atoms with Crippen molar-refractivity contribution in [2.45, 2.75) is 37.7 Å². The molecular formula is C17H17NO2S. The van der Waals surface area contributed by atoms with Crippen molar-refractivity contribution in [1.82, 2.24) is 0 Å². The highest BCUT2D eigenvalue weighted by molar-refractivity contribution is 8.13. The molecule has 0 radical (unpaired) electrons. The SMILES string of the molecule is CC(=O)CCCc1ccc(SC2=Nc3ccccc3C2)o1. The number of benzene rings is 1. The van der Waals surface area contributed by atoms with E-state index in [2.05, 4.69) is 11.1 Å². The van der Waals surface area contributed by atoms with E-state index in [1.54, 1.807) is 18.7 Å². The van der Waals surface area contributed by atoms with E-state index in [1.807, 2.05) is 30.3 Å². The molecule has 108 valence electrons. The van der Waals surface area contributed by atoms with Crippen LogP contribution in [0.25, 0.3) is 0 Å². The second-order valence-corrected chi connectivity index (χ2v) is 6.27. The Balaban J connectivity index is 1.57. The third kappa shape index (κ3) is 3.64. The Morgan fingerprint density at radius 2 is 2.14 bits per heavy atom. The van der Waals surface area contributed by atoms with Gasteiger partial charge in [-0.1, -0.05) is 18.2 Å². The van der Waals surface area contributed by atoms with Crippen LogP contribution in [0.5, 0.6) is 0 Å². The number of carbonyl (C=O) groups excluding carboxylic acids is 1. The quantitative estimate of drug-likeness (QED) is 0.812. The average molecular weight is 299 g/mol. The first-order chi connectivity index (χ1) is 10.2. The van der Waals surface area contributed by atoms with E-state index in [-0.39, 0.29) is 5.78 Å². The number of carbonyl (C=O) groups is 1. The van der Waals surface area contributed by atoms with Crippen molar-refractivity contribution in [3.8, 4) is 0 Å². The van der Waals surface area contributed by atoms with Crippen LogP contribution in [0.3, 0.4) is 0 Å². The van der Waals surface area contributed by atoms with Gasteiger partial charge in [0.2, 0.25) is 0 Å². The zero-order chi connectivity index (χ0) is 14.7. The summed E-state index contributed by atoms with van der Waals surface area (Å²) in [7, 11) is 0. The van der Waals surface area contributed by atoms with Gasteiger partial charge in [0, 0.05) is 19.3 Å². The molecule has 1 aliphatic rings. The number of Topliss-reactive ketones (excluding diaryl/α,β-unsaturated/α-hetero) is 1. The van der Waals surface area contributed by atoms with Gasteiger partial charge in [-0.15, -0.1) is 0 Å². The van der Waals surface area contributed by atoms with Crippen molar-refractivity contribution >= 4 is 28.3 Å². The van der Waals surface area contributed by atoms with E-state index in [0.717, 1.165) is 40.8 Å². The van der Waals surface area contributed by atoms with Crippen molar-refractivity contribution < 1.29 is 9.21 Å². The van der Waals surface area contributed by atoms with Gasteiger partial charge in [0.05, 0.1) is 10.7 Å². The van der Waals surface area contributed by atoms with E-state index in [4.69, 9.17) is 4.42 Å². The first kappa shape index (κ1) is 14.1. The van der Waals surface area contributed by atoms with Crippen molar-refractivity contribution in [2.75, 3.05) is 0 Å². The molecule has 1 aliphatic heterocycles. The summed E-state index contributed by atoms with van der Waals surface area (Å²) >= 11 is 1.58. The lowest BCUT2D eigenvalue weighted by molar-refractivity contribution is -0.117. The minimum absolute atomic E-state index is 0.231. The summed E-state index contributed by atoms with van der Waals surface area (Å²) in [6.07, 6.45) is 3.15. The molecule has 1 aromatic carbocycles. The fourth-order valence-electron chi connectivity index (χ4n) is 2.34. The van der Waals surface area contributed by atoms with Crippen molar-refractivity contribution in [2.24, 2.45) is 4.99 Å². The number of hydrogen-bond donors (Lipinski definition) is 0. The van der Waals surface area contributed by atoms with Crippen LogP contribution in [0.2, 0.25) is 0 Å². The average Bonchev–Trinajstić information content (AvgIpc) is 3.04. The molecule has 1 aromatic heterocycles. The monoisotopic (exact) mass is 299 g/mol. The third-order valence-corrected chi connectivity index (χ3v) is 4.28. The van der Waals surface area contributed by atoms with Gasteiger partial charge >= 0.3 is 0 Å². The highest BCUT2D eigenvalue weighted by atomic mass is 32.2. The predicted molar refractivity (Wildman–Crippen MR) is 85.4 cm³/mol. The van der Waals surface area contributed by atoms with Crippen molar-refractivity contribution in [3.05, 3.63) is 47.7 Å². The van der Waals surface area contributed by atoms with Crippen molar-refractivity contribution in [1.29, 1.82) is 0 Å². The summed E-state index contributed by atoms with van der Waals surface area (Å²) in [5.41, 5.74) is 2.33. The van der Waals surface area contributed by atoms with E-state index >= 15 is 0 Å². The Bertz CT molecular complexity index is 688. The van der Waals surface area contributed by atoms with Crippen LogP contribution in [0.4, 0.5) is 5.69 Å². The summed E-state index contributed by atoms with van der Waals surface area (Å²) in [5.74, 6) is 1.17. The number of rotatable bonds is 5. The van der Waals surface area contributed by atoms with Crippen LogP contribution in [-0.4, -0.2) is 10.8 Å². The second-order valence-electron chi connectivity index (χ2n) is 5.19. The molecule has 3 nitrogen and oxygen atoms in total. The minimum atomic E-state index is 0.231. The van der Waals surface area contributed by atoms with Gasteiger partial charge in [0.25, 0.3) is 0 Å². The number of para-hydroxylation sites is 1. The standard InChI is InChI=1S/C17H17NO2S/c1-12(19)5-4-7-14-9-10-17(20-14)21-16-11-13-6-2-3-8-15(13)18-16/h2-3,6,8-10H,4-5,7,11H2,1H3. The number of ketones is 1. The molecule has 0 atom stereocenters. The minimum Gasteiger partial charge on any atom is -0.454 e. The number of aliphatic imine (C=N–C) groups is 1. The normalized spacial score (nSPS) is 13.1. The number of furan rings is 1. The van der Waals surface area contributed by atoms with Crippen LogP contribution < -0.4 is 0 Å². The maximum atomic E-state index is 10.9. The van der Waals surface area contributed by atoms with Crippen LogP contribution in [-0.2, 0) is 17.6 Å². The Labute approximate surface area is 128 Å². The van der Waals surface area contributed by atoms with Crippen molar-refractivity contribution in [3.63, 3.8) is 0 Å². The number of thioether (sulfide) groups is 1. The molecule has 0 amide bonds. The largest absolute Gasteiger partial charge is 0.454 e. The Morgan fingerprint density at radius 1 is 1.29 bits per heavy atom. The van der Waals surface area contributed by atoms with Gasteiger partial charge in [-0.2, -0.15) is 0 Å². The maximum absolute atomic E-state index is 10.9. The molecule has 21 heavy (non-hydrogen) atoms. The number of fused-ring (bicyclic) bond motifs is 1. The van der Waals surface area contributed by atoms with E-state index in [9.17, 15) is 4.79 Å². The third-order valence-electron chi connectivity index (χ3n) is 3.39. The molecule has 0 spiro atoms. The zero-order valence-corrected chi connectivity index (χ0v) is 12.8. The van der Waals surface area contributed by atoms with Crippen LogP contribution in [0, 0.1) is 0 Å². The van der Waals surface area contributed by atoms with Crippen LogP contribution in [0.15, 0.2) is 50.9 Å². The second kappa shape index (κ2) is 6.31. The molecule has 2 heterocycles. The highest BCUT2D eigenvalue weighted by Gasteiger charge is 2.16. The molecular weight excluding hydrogens is 282 g/mol. The summed E-state index contributed by atoms with van der Waals surface area (Å²) < 4.78 is 5.80. The Kier molecular flexibility index (Phi) is 4.25. The fourth-order valence-corrected chi connectivity index (χ4v) is 3.23. The molecule has 0 N–H and O–H groups in total. The van der Waals surface area contributed by atoms with Gasteiger partial charge in [0.1, 0.15) is 11.5 Å². The molecule has 0 saturated heterocycles. The zero-order valence-electron chi connectivity index (χ0n) is 12.0.